The average molecular weight is 482 g/mol. The maximum atomic E-state index is 12.8. The maximum absolute atomic E-state index is 12.8. The van der Waals surface area contributed by atoms with E-state index in [1.54, 1.807) is 30.3 Å². The average Bonchev–Trinajstić information content (AvgIpc) is 2.87. The zero-order valence-corrected chi connectivity index (χ0v) is 19.5. The number of hydrogen-bond donors (Lipinski definition) is 2. The minimum Gasteiger partial charge on any atom is -0.489 e. The summed E-state index contributed by atoms with van der Waals surface area (Å²) >= 11 is 0. The van der Waals surface area contributed by atoms with Crippen LogP contribution in [0.4, 0.5) is 11.4 Å². The molecule has 34 heavy (non-hydrogen) atoms. The van der Waals surface area contributed by atoms with Crippen molar-refractivity contribution in [2.45, 2.75) is 11.5 Å². The van der Waals surface area contributed by atoms with Crippen molar-refractivity contribution in [3.05, 3.63) is 83.9 Å². The Morgan fingerprint density at radius 1 is 1.00 bits per heavy atom. The number of benzene rings is 3. The van der Waals surface area contributed by atoms with Crippen molar-refractivity contribution in [2.24, 2.45) is 0 Å². The molecule has 3 aromatic carbocycles. The molecule has 4 rings (SSSR count). The summed E-state index contributed by atoms with van der Waals surface area (Å²) in [5.41, 5.74) is 8.63. The lowest BCUT2D eigenvalue weighted by molar-refractivity contribution is 0.0997. The van der Waals surface area contributed by atoms with Crippen LogP contribution >= 0.6 is 0 Å². The Labute approximate surface area is 199 Å². The smallest absolute Gasteiger partial charge is 0.241 e. The van der Waals surface area contributed by atoms with Crippen molar-refractivity contribution in [3.8, 4) is 5.75 Å². The highest BCUT2D eigenvalue weighted by atomic mass is 32.2. The third kappa shape index (κ3) is 5.93. The number of anilines is 2. The summed E-state index contributed by atoms with van der Waals surface area (Å²) in [5.74, 6) is 0.278. The van der Waals surface area contributed by atoms with Gasteiger partial charge in [0, 0.05) is 18.7 Å². The summed E-state index contributed by atoms with van der Waals surface area (Å²) in [4.78, 5) is 14.6. The van der Waals surface area contributed by atoms with Gasteiger partial charge in [-0.1, -0.05) is 30.3 Å². The highest BCUT2D eigenvalue weighted by molar-refractivity contribution is 7.89. The number of hydrogen-bond acceptors (Lipinski definition) is 7. The van der Waals surface area contributed by atoms with Crippen LogP contribution in [0.5, 0.6) is 5.75 Å². The number of nitrogens with zero attached hydrogens (tertiary/aromatic N) is 1. The van der Waals surface area contributed by atoms with Crippen LogP contribution in [0.2, 0.25) is 0 Å². The van der Waals surface area contributed by atoms with Crippen molar-refractivity contribution in [1.29, 1.82) is 0 Å². The van der Waals surface area contributed by atoms with Crippen molar-refractivity contribution >= 4 is 27.2 Å². The summed E-state index contributed by atoms with van der Waals surface area (Å²) in [7, 11) is -3.90. The van der Waals surface area contributed by atoms with Crippen LogP contribution in [0.15, 0.2) is 77.7 Å². The van der Waals surface area contributed by atoms with E-state index in [0.717, 1.165) is 5.56 Å². The summed E-state index contributed by atoms with van der Waals surface area (Å²) in [6, 6.07) is 20.9. The molecule has 8 nitrogen and oxygen atoms in total. The van der Waals surface area contributed by atoms with Gasteiger partial charge >= 0.3 is 0 Å². The first-order chi connectivity index (χ1) is 16.4. The largest absolute Gasteiger partial charge is 0.489 e. The molecule has 1 heterocycles. The van der Waals surface area contributed by atoms with Gasteiger partial charge in [-0.3, -0.25) is 4.79 Å². The van der Waals surface area contributed by atoms with Gasteiger partial charge in [0.05, 0.1) is 36.0 Å². The van der Waals surface area contributed by atoms with Crippen LogP contribution < -0.4 is 20.1 Å². The molecule has 0 aliphatic carbocycles. The fourth-order valence-electron chi connectivity index (χ4n) is 3.59. The molecule has 0 bridgehead atoms. The standard InChI is InChI=1S/C25H27N3O5S/c26-23-11-10-22(16-24(23)28-12-14-32-15-13-28)34(30,31)27-17-25(29)20-6-8-21(9-7-20)33-18-19-4-2-1-3-5-19/h1-11,16,27H,12-15,17-18,26H2. The van der Waals surface area contributed by atoms with E-state index in [2.05, 4.69) is 4.72 Å². The van der Waals surface area contributed by atoms with Crippen LogP contribution in [0.25, 0.3) is 0 Å². The summed E-state index contributed by atoms with van der Waals surface area (Å²) in [6.07, 6.45) is 0. The first-order valence-electron chi connectivity index (χ1n) is 10.9. The number of nitrogen functional groups attached to an aromatic ring is 1. The van der Waals surface area contributed by atoms with Gasteiger partial charge in [-0.05, 0) is 48.0 Å². The van der Waals surface area contributed by atoms with Crippen molar-refractivity contribution < 1.29 is 22.7 Å². The topological polar surface area (TPSA) is 111 Å². The highest BCUT2D eigenvalue weighted by Crippen LogP contribution is 2.27. The predicted octanol–water partition coefficient (Wildman–Crippen LogP) is 2.85. The second kappa shape index (κ2) is 10.7. The van der Waals surface area contributed by atoms with E-state index in [9.17, 15) is 13.2 Å². The number of morpholine rings is 1. The van der Waals surface area contributed by atoms with Gasteiger partial charge in [-0.2, -0.15) is 0 Å². The fraction of sp³-hybridized carbons (Fsp3) is 0.240. The zero-order valence-electron chi connectivity index (χ0n) is 18.6. The van der Waals surface area contributed by atoms with E-state index in [1.807, 2.05) is 35.2 Å². The summed E-state index contributed by atoms with van der Waals surface area (Å²) in [5, 5.41) is 0. The maximum Gasteiger partial charge on any atom is 0.241 e. The molecule has 3 aromatic rings. The van der Waals surface area contributed by atoms with Gasteiger partial charge in [0.25, 0.3) is 0 Å². The van der Waals surface area contributed by atoms with Crippen LogP contribution in [0.3, 0.4) is 0 Å². The Bertz CT molecular complexity index is 1230. The van der Waals surface area contributed by atoms with Gasteiger partial charge in [-0.15, -0.1) is 0 Å². The van der Waals surface area contributed by atoms with E-state index < -0.39 is 10.0 Å². The molecular weight excluding hydrogens is 454 g/mol. The second-order valence-corrected chi connectivity index (χ2v) is 9.63. The SMILES string of the molecule is Nc1ccc(S(=O)(=O)NCC(=O)c2ccc(OCc3ccccc3)cc2)cc1N1CCOCC1. The Balaban J connectivity index is 1.36. The number of rotatable bonds is 9. The molecular formula is C25H27N3O5S. The van der Waals surface area contributed by atoms with Gasteiger partial charge in [0.15, 0.2) is 5.78 Å². The molecule has 178 valence electrons. The molecule has 0 aromatic heterocycles. The van der Waals surface area contributed by atoms with Gasteiger partial charge in [0.2, 0.25) is 10.0 Å². The van der Waals surface area contributed by atoms with E-state index in [-0.39, 0.29) is 17.2 Å². The van der Waals surface area contributed by atoms with Crippen molar-refractivity contribution in [3.63, 3.8) is 0 Å². The van der Waals surface area contributed by atoms with E-state index in [1.165, 1.54) is 12.1 Å². The molecule has 1 saturated heterocycles. The zero-order chi connectivity index (χ0) is 24.0. The van der Waals surface area contributed by atoms with Gasteiger partial charge in [-0.25, -0.2) is 13.1 Å². The van der Waals surface area contributed by atoms with Crippen molar-refractivity contribution in [1.82, 2.24) is 4.72 Å². The molecule has 1 aliphatic heterocycles. The minimum absolute atomic E-state index is 0.0562. The number of sulfonamides is 1. The number of ketones is 1. The molecule has 0 saturated carbocycles. The number of nitrogens with two attached hydrogens (primary N) is 1. The normalized spacial score (nSPS) is 14.1. The molecule has 1 fully saturated rings. The van der Waals surface area contributed by atoms with Crippen LogP contribution in [-0.4, -0.2) is 47.0 Å². The van der Waals surface area contributed by atoms with Crippen LogP contribution in [0, 0.1) is 0 Å². The number of nitrogens with one attached hydrogen (secondary N) is 1. The second-order valence-electron chi connectivity index (χ2n) is 7.87. The number of carbonyl (C=O) groups is 1. The Morgan fingerprint density at radius 2 is 1.71 bits per heavy atom. The molecule has 0 radical (unpaired) electrons. The first kappa shape index (κ1) is 23.7. The van der Waals surface area contributed by atoms with E-state index in [4.69, 9.17) is 15.2 Å². The third-order valence-corrected chi connectivity index (χ3v) is 6.91. The number of ether oxygens (including phenoxy) is 2. The molecule has 0 spiro atoms. The summed E-state index contributed by atoms with van der Waals surface area (Å²) in [6.45, 7) is 2.43. The molecule has 1 aliphatic rings. The Hall–Kier alpha value is -3.40. The van der Waals surface area contributed by atoms with Crippen LogP contribution in [0.1, 0.15) is 15.9 Å². The first-order valence-corrected chi connectivity index (χ1v) is 12.4. The molecule has 0 unspecified atom stereocenters. The minimum atomic E-state index is -3.90. The molecule has 0 amide bonds. The Kier molecular flexibility index (Phi) is 7.46. The van der Waals surface area contributed by atoms with E-state index in [0.29, 0.717) is 55.6 Å². The lowest BCUT2D eigenvalue weighted by Gasteiger charge is -2.30. The van der Waals surface area contributed by atoms with E-state index >= 15 is 0 Å². The molecule has 9 heteroatoms. The predicted molar refractivity (Wildman–Crippen MR) is 131 cm³/mol. The molecule has 0 atom stereocenters. The fourth-order valence-corrected chi connectivity index (χ4v) is 4.59. The van der Waals surface area contributed by atoms with Gasteiger partial charge in [0.1, 0.15) is 12.4 Å². The quantitative estimate of drug-likeness (QED) is 0.357. The summed E-state index contributed by atoms with van der Waals surface area (Å²) < 4.78 is 39.1. The highest BCUT2D eigenvalue weighted by Gasteiger charge is 2.20. The number of Topliss-reactive ketones (excluding diaryl/α,β-unsaturated/α-hetero) is 1. The number of carbonyl (C=O) groups excluding carboxylic acids is 1. The lowest BCUT2D eigenvalue weighted by Crippen LogP contribution is -2.37. The molecule has 3 N–H and O–H groups in total. The monoisotopic (exact) mass is 481 g/mol. The lowest BCUT2D eigenvalue weighted by atomic mass is 10.1. The van der Waals surface area contributed by atoms with Crippen molar-refractivity contribution in [2.75, 3.05) is 43.5 Å². The third-order valence-electron chi connectivity index (χ3n) is 5.51. The Morgan fingerprint density at radius 3 is 2.41 bits per heavy atom. The van der Waals surface area contributed by atoms with Gasteiger partial charge < -0.3 is 20.1 Å². The van der Waals surface area contributed by atoms with Crippen LogP contribution in [-0.2, 0) is 21.4 Å².